The number of thiophene rings is 1. The number of carbonyl (C=O) groups is 1. The fourth-order valence-electron chi connectivity index (χ4n) is 2.01. The topological polar surface area (TPSA) is 17.1 Å². The van der Waals surface area contributed by atoms with Gasteiger partial charge in [-0.2, -0.15) is 11.3 Å². The van der Waals surface area contributed by atoms with Crippen LogP contribution in [0.5, 0.6) is 0 Å². The van der Waals surface area contributed by atoms with E-state index in [4.69, 9.17) is 11.6 Å². The smallest absolute Gasteiger partial charge is 0.194 e. The summed E-state index contributed by atoms with van der Waals surface area (Å²) >= 11 is 7.67. The van der Waals surface area contributed by atoms with E-state index in [-0.39, 0.29) is 5.78 Å². The Labute approximate surface area is 114 Å². The average Bonchev–Trinajstić information content (AvgIpc) is 2.93. The van der Waals surface area contributed by atoms with Gasteiger partial charge in [0, 0.05) is 26.9 Å². The molecular formula is C15H9ClOS. The first-order chi connectivity index (χ1) is 8.77. The monoisotopic (exact) mass is 272 g/mol. The summed E-state index contributed by atoms with van der Waals surface area (Å²) in [5.74, 6) is 0.0455. The molecule has 0 unspecified atom stereocenters. The van der Waals surface area contributed by atoms with Crippen molar-refractivity contribution in [1.29, 1.82) is 0 Å². The molecular weight excluding hydrogens is 264 g/mol. The summed E-state index contributed by atoms with van der Waals surface area (Å²) in [5, 5.41) is 6.27. The van der Waals surface area contributed by atoms with Crippen LogP contribution in [0.2, 0.25) is 5.02 Å². The van der Waals surface area contributed by atoms with Crippen LogP contribution in [0.25, 0.3) is 10.8 Å². The second kappa shape index (κ2) is 4.56. The predicted molar refractivity (Wildman–Crippen MR) is 76.7 cm³/mol. The molecule has 1 heterocycles. The van der Waals surface area contributed by atoms with E-state index in [1.54, 1.807) is 12.1 Å². The number of ketones is 1. The first-order valence-corrected chi connectivity index (χ1v) is 6.83. The number of hydrogen-bond donors (Lipinski definition) is 0. The predicted octanol–water partition coefficient (Wildman–Crippen LogP) is 4.79. The van der Waals surface area contributed by atoms with E-state index < -0.39 is 0 Å². The zero-order valence-corrected chi connectivity index (χ0v) is 11.0. The summed E-state index contributed by atoms with van der Waals surface area (Å²) in [6.07, 6.45) is 0. The largest absolute Gasteiger partial charge is 0.289 e. The first kappa shape index (κ1) is 11.5. The van der Waals surface area contributed by atoms with E-state index in [1.807, 2.05) is 41.1 Å². The van der Waals surface area contributed by atoms with Crippen LogP contribution in [0, 0.1) is 0 Å². The lowest BCUT2D eigenvalue weighted by Gasteiger charge is -2.06. The molecule has 88 valence electrons. The minimum Gasteiger partial charge on any atom is -0.289 e. The molecule has 0 bridgehead atoms. The molecule has 0 fully saturated rings. The molecule has 0 amide bonds. The zero-order valence-electron chi connectivity index (χ0n) is 9.39. The molecule has 18 heavy (non-hydrogen) atoms. The maximum Gasteiger partial charge on any atom is 0.194 e. The molecule has 3 heteroatoms. The van der Waals surface area contributed by atoms with E-state index >= 15 is 0 Å². The van der Waals surface area contributed by atoms with Crippen molar-refractivity contribution in [3.63, 3.8) is 0 Å². The highest BCUT2D eigenvalue weighted by Crippen LogP contribution is 2.28. The number of carbonyl (C=O) groups excluding carboxylic acids is 1. The number of halogens is 1. The van der Waals surface area contributed by atoms with Crippen molar-refractivity contribution in [1.82, 2.24) is 0 Å². The van der Waals surface area contributed by atoms with Crippen molar-refractivity contribution in [2.24, 2.45) is 0 Å². The van der Waals surface area contributed by atoms with Crippen molar-refractivity contribution in [3.05, 3.63) is 69.4 Å². The number of hydrogen-bond acceptors (Lipinski definition) is 2. The SMILES string of the molecule is O=C(c1ccsc1)c1ccc(Cl)c2ccccc12. The zero-order chi connectivity index (χ0) is 12.5. The molecule has 0 atom stereocenters. The van der Waals surface area contributed by atoms with Crippen LogP contribution in [0.15, 0.2) is 53.2 Å². The van der Waals surface area contributed by atoms with Gasteiger partial charge in [-0.15, -0.1) is 0 Å². The fraction of sp³-hybridized carbons (Fsp3) is 0. The van der Waals surface area contributed by atoms with Gasteiger partial charge in [-0.3, -0.25) is 4.79 Å². The minimum atomic E-state index is 0.0455. The summed E-state index contributed by atoms with van der Waals surface area (Å²) in [6, 6.07) is 13.1. The molecule has 0 saturated carbocycles. The quantitative estimate of drug-likeness (QED) is 0.613. The molecule has 0 aliphatic heterocycles. The number of rotatable bonds is 2. The molecule has 2 aromatic carbocycles. The minimum absolute atomic E-state index is 0.0455. The Morgan fingerprint density at radius 1 is 1.00 bits per heavy atom. The van der Waals surface area contributed by atoms with Gasteiger partial charge in [0.15, 0.2) is 5.78 Å². The highest BCUT2D eigenvalue weighted by molar-refractivity contribution is 7.08. The Kier molecular flexibility index (Phi) is 2.90. The van der Waals surface area contributed by atoms with Gasteiger partial charge in [0.05, 0.1) is 0 Å². The highest BCUT2D eigenvalue weighted by atomic mass is 35.5. The highest BCUT2D eigenvalue weighted by Gasteiger charge is 2.13. The Morgan fingerprint density at radius 3 is 2.50 bits per heavy atom. The van der Waals surface area contributed by atoms with Crippen molar-refractivity contribution in [3.8, 4) is 0 Å². The third kappa shape index (κ3) is 1.84. The van der Waals surface area contributed by atoms with Crippen LogP contribution < -0.4 is 0 Å². The lowest BCUT2D eigenvalue weighted by molar-refractivity contribution is 0.104. The van der Waals surface area contributed by atoms with E-state index in [2.05, 4.69) is 0 Å². The van der Waals surface area contributed by atoms with Gasteiger partial charge in [0.25, 0.3) is 0 Å². The van der Waals surface area contributed by atoms with Gasteiger partial charge in [-0.05, 0) is 29.0 Å². The second-order valence-corrected chi connectivity index (χ2v) is 5.17. The van der Waals surface area contributed by atoms with E-state index in [0.29, 0.717) is 10.6 Å². The van der Waals surface area contributed by atoms with Gasteiger partial charge in [-0.1, -0.05) is 35.9 Å². The summed E-state index contributed by atoms with van der Waals surface area (Å²) in [7, 11) is 0. The molecule has 0 radical (unpaired) electrons. The van der Waals surface area contributed by atoms with Crippen molar-refractivity contribution in [2.45, 2.75) is 0 Å². The van der Waals surface area contributed by atoms with Crippen LogP contribution in [0.4, 0.5) is 0 Å². The van der Waals surface area contributed by atoms with E-state index in [9.17, 15) is 4.79 Å². The van der Waals surface area contributed by atoms with E-state index in [1.165, 1.54) is 11.3 Å². The number of fused-ring (bicyclic) bond motifs is 1. The van der Waals surface area contributed by atoms with Gasteiger partial charge in [-0.25, -0.2) is 0 Å². The summed E-state index contributed by atoms with van der Waals surface area (Å²) < 4.78 is 0. The fourth-order valence-corrected chi connectivity index (χ4v) is 2.87. The molecule has 1 aromatic heterocycles. The number of benzene rings is 2. The third-order valence-corrected chi connectivity index (χ3v) is 3.91. The van der Waals surface area contributed by atoms with E-state index in [0.717, 1.165) is 16.3 Å². The van der Waals surface area contributed by atoms with Gasteiger partial charge >= 0.3 is 0 Å². The summed E-state index contributed by atoms with van der Waals surface area (Å²) in [5.41, 5.74) is 1.43. The average molecular weight is 273 g/mol. The Bertz CT molecular complexity index is 716. The van der Waals surface area contributed by atoms with Crippen LogP contribution in [-0.2, 0) is 0 Å². The molecule has 3 aromatic rings. The lowest BCUT2D eigenvalue weighted by atomic mass is 9.99. The molecule has 0 saturated heterocycles. The van der Waals surface area contributed by atoms with Crippen molar-refractivity contribution in [2.75, 3.05) is 0 Å². The van der Waals surface area contributed by atoms with Crippen LogP contribution in [-0.4, -0.2) is 5.78 Å². The Hall–Kier alpha value is -1.64. The second-order valence-electron chi connectivity index (χ2n) is 3.98. The van der Waals surface area contributed by atoms with Crippen molar-refractivity contribution < 1.29 is 4.79 Å². The molecule has 0 aliphatic carbocycles. The Morgan fingerprint density at radius 2 is 1.78 bits per heavy atom. The van der Waals surface area contributed by atoms with Gasteiger partial charge in [0.1, 0.15) is 0 Å². The third-order valence-electron chi connectivity index (χ3n) is 2.90. The molecule has 0 aliphatic rings. The normalized spacial score (nSPS) is 10.7. The summed E-state index contributed by atoms with van der Waals surface area (Å²) in [4.78, 5) is 12.4. The van der Waals surface area contributed by atoms with Crippen molar-refractivity contribution >= 4 is 39.5 Å². The molecule has 3 rings (SSSR count). The van der Waals surface area contributed by atoms with Crippen LogP contribution in [0.1, 0.15) is 15.9 Å². The first-order valence-electron chi connectivity index (χ1n) is 5.51. The molecule has 0 spiro atoms. The maximum atomic E-state index is 12.4. The van der Waals surface area contributed by atoms with Gasteiger partial charge < -0.3 is 0 Å². The van der Waals surface area contributed by atoms with Crippen LogP contribution in [0.3, 0.4) is 0 Å². The standard InChI is InChI=1S/C15H9ClOS/c16-14-6-5-13(11-3-1-2-4-12(11)14)15(17)10-7-8-18-9-10/h1-9H. The maximum absolute atomic E-state index is 12.4. The van der Waals surface area contributed by atoms with Crippen LogP contribution >= 0.6 is 22.9 Å². The Balaban J connectivity index is 2.25. The molecule has 1 nitrogen and oxygen atoms in total. The molecule has 0 N–H and O–H groups in total. The van der Waals surface area contributed by atoms with Gasteiger partial charge in [0.2, 0.25) is 0 Å². The lowest BCUT2D eigenvalue weighted by Crippen LogP contribution is -2.00. The summed E-state index contributed by atoms with van der Waals surface area (Å²) in [6.45, 7) is 0.